The van der Waals surface area contributed by atoms with Crippen LogP contribution in [0, 0.1) is 0 Å². The molecule has 0 radical (unpaired) electrons. The first-order chi connectivity index (χ1) is 27.9. The summed E-state index contributed by atoms with van der Waals surface area (Å²) < 4.78 is 51.3. The summed E-state index contributed by atoms with van der Waals surface area (Å²) in [5.74, 6) is -0.802. The van der Waals surface area contributed by atoms with Crippen molar-refractivity contribution in [3.8, 4) is 0 Å². The summed E-state index contributed by atoms with van der Waals surface area (Å²) in [6.45, 7) is -3.74. The maximum absolute atomic E-state index is 12.2. The van der Waals surface area contributed by atoms with Crippen LogP contribution in [0.4, 0.5) is 0 Å². The van der Waals surface area contributed by atoms with Gasteiger partial charge in [-0.2, -0.15) is 0 Å². The molecule has 5 aliphatic heterocycles. The summed E-state index contributed by atoms with van der Waals surface area (Å²) in [5.41, 5.74) is 0. The molecule has 0 aromatic rings. The van der Waals surface area contributed by atoms with E-state index in [0.717, 1.165) is 6.92 Å². The molecule has 5 fully saturated rings. The van der Waals surface area contributed by atoms with Crippen LogP contribution >= 0.6 is 0 Å². The second kappa shape index (κ2) is 20.8. The van der Waals surface area contributed by atoms with Crippen LogP contribution < -0.4 is 5.32 Å². The minimum Gasteiger partial charge on any atom is -0.394 e. The van der Waals surface area contributed by atoms with Gasteiger partial charge in [-0.1, -0.05) is 0 Å². The SMILES string of the molecule is CC(=O)N[C@H]1[C@@H](O[C@@H]2[C@@H](O[C@@H]3[C@@H](O[C@H]4[C@H](O)[C@@H](CO)OC(O)[C@H]4O)O[C@H](CO)[C@@H](O)[C@@H]3O)O[C@H](CO)[C@@H](O)[C@@H]2O[C@H]2O[C@H](CO)[C@@H](O)[C@H](O)[C@@H]2O)O[C@H](CO)[C@@H](O)[C@@H]1O. The minimum absolute atomic E-state index is 0.802. The van der Waals surface area contributed by atoms with E-state index in [2.05, 4.69) is 5.32 Å². The van der Waals surface area contributed by atoms with Crippen LogP contribution in [-0.4, -0.2) is 274 Å². The molecule has 17 N–H and O–H groups in total. The first-order valence-electron chi connectivity index (χ1n) is 18.6. The Balaban J connectivity index is 1.56. The fourth-order valence-electron chi connectivity index (χ4n) is 7.38. The van der Waals surface area contributed by atoms with Crippen molar-refractivity contribution in [2.24, 2.45) is 0 Å². The molecule has 0 saturated carbocycles. The van der Waals surface area contributed by atoms with E-state index >= 15 is 0 Å². The molecule has 5 saturated heterocycles. The fourth-order valence-corrected chi connectivity index (χ4v) is 7.38. The van der Waals surface area contributed by atoms with Crippen molar-refractivity contribution in [2.75, 3.05) is 33.0 Å². The van der Waals surface area contributed by atoms with E-state index in [1.165, 1.54) is 0 Å². The highest BCUT2D eigenvalue weighted by atomic mass is 16.8. The van der Waals surface area contributed by atoms with E-state index in [-0.39, 0.29) is 0 Å². The van der Waals surface area contributed by atoms with Crippen molar-refractivity contribution < 1.29 is 129 Å². The third-order valence-corrected chi connectivity index (χ3v) is 10.7. The average Bonchev–Trinajstić information content (AvgIpc) is 3.21. The topological polar surface area (TPSA) is 436 Å². The van der Waals surface area contributed by atoms with Crippen molar-refractivity contribution in [2.45, 2.75) is 160 Å². The van der Waals surface area contributed by atoms with Crippen molar-refractivity contribution in [1.29, 1.82) is 0 Å². The third-order valence-electron chi connectivity index (χ3n) is 10.7. The molecule has 0 aliphatic carbocycles. The molecule has 1 unspecified atom stereocenters. The largest absolute Gasteiger partial charge is 0.394 e. The summed E-state index contributed by atoms with van der Waals surface area (Å²) in [5, 5.41) is 171. The predicted octanol–water partition coefficient (Wildman–Crippen LogP) is -11.8. The zero-order valence-electron chi connectivity index (χ0n) is 31.2. The number of aliphatic hydroxyl groups is 16. The quantitative estimate of drug-likeness (QED) is 0.0770. The lowest BCUT2D eigenvalue weighted by atomic mass is 9.94. The van der Waals surface area contributed by atoms with Crippen LogP contribution in [0.15, 0.2) is 0 Å². The molecule has 5 heterocycles. The molecule has 59 heavy (non-hydrogen) atoms. The van der Waals surface area contributed by atoms with Gasteiger partial charge in [0.05, 0.1) is 33.0 Å². The van der Waals surface area contributed by atoms with Gasteiger partial charge in [0.25, 0.3) is 0 Å². The second-order valence-corrected chi connectivity index (χ2v) is 14.7. The first-order valence-corrected chi connectivity index (χ1v) is 18.6. The molecule has 0 aromatic heterocycles. The Morgan fingerprint density at radius 2 is 0.797 bits per heavy atom. The smallest absolute Gasteiger partial charge is 0.217 e. The summed E-state index contributed by atoms with van der Waals surface area (Å²) >= 11 is 0. The summed E-state index contributed by atoms with van der Waals surface area (Å²) in [6, 6.07) is -1.69. The van der Waals surface area contributed by atoms with Crippen molar-refractivity contribution >= 4 is 5.91 Å². The van der Waals surface area contributed by atoms with E-state index in [0.29, 0.717) is 0 Å². The van der Waals surface area contributed by atoms with Crippen molar-refractivity contribution in [1.82, 2.24) is 5.32 Å². The Labute approximate surface area is 333 Å². The second-order valence-electron chi connectivity index (χ2n) is 14.7. The van der Waals surface area contributed by atoms with E-state index in [4.69, 9.17) is 42.6 Å². The van der Waals surface area contributed by atoms with Gasteiger partial charge in [-0.25, -0.2) is 0 Å². The molecule has 1 amide bonds. The average molecular weight is 870 g/mol. The van der Waals surface area contributed by atoms with Gasteiger partial charge in [-0.3, -0.25) is 4.79 Å². The summed E-state index contributed by atoms with van der Waals surface area (Å²) in [7, 11) is 0. The van der Waals surface area contributed by atoms with Gasteiger partial charge in [0, 0.05) is 6.92 Å². The Bertz CT molecular complexity index is 1320. The van der Waals surface area contributed by atoms with Gasteiger partial charge < -0.3 is 130 Å². The first kappa shape index (κ1) is 48.5. The molecule has 27 nitrogen and oxygen atoms in total. The monoisotopic (exact) mass is 869 g/mol. The number of nitrogens with one attached hydrogen (secondary N) is 1. The number of hydrogen-bond acceptors (Lipinski definition) is 26. The lowest BCUT2D eigenvalue weighted by Gasteiger charge is -2.51. The highest BCUT2D eigenvalue weighted by Gasteiger charge is 2.58. The summed E-state index contributed by atoms with van der Waals surface area (Å²) in [6.07, 6.45) is -46.5. The predicted molar refractivity (Wildman–Crippen MR) is 178 cm³/mol. The number of hydrogen-bond donors (Lipinski definition) is 17. The highest BCUT2D eigenvalue weighted by molar-refractivity contribution is 5.73. The molecule has 25 atom stereocenters. The number of carbonyl (C=O) groups excluding carboxylic acids is 1. The molecular formula is C32H55NO26. The van der Waals surface area contributed by atoms with Crippen LogP contribution in [-0.2, 0) is 47.4 Å². The van der Waals surface area contributed by atoms with Gasteiger partial charge in [0.2, 0.25) is 5.91 Å². The maximum atomic E-state index is 12.2. The lowest BCUT2D eigenvalue weighted by molar-refractivity contribution is -0.411. The Morgan fingerprint density at radius 3 is 1.34 bits per heavy atom. The normalized spacial score (nSPS) is 51.0. The van der Waals surface area contributed by atoms with Crippen LogP contribution in [0.5, 0.6) is 0 Å². The van der Waals surface area contributed by atoms with Crippen LogP contribution in [0.2, 0.25) is 0 Å². The third kappa shape index (κ3) is 10.2. The number of amides is 1. The lowest BCUT2D eigenvalue weighted by Crippen LogP contribution is -2.70. The Kier molecular flexibility index (Phi) is 17.1. The van der Waals surface area contributed by atoms with Gasteiger partial charge >= 0.3 is 0 Å². The fraction of sp³-hybridized carbons (Fsp3) is 0.969. The van der Waals surface area contributed by atoms with Crippen molar-refractivity contribution in [3.63, 3.8) is 0 Å². The van der Waals surface area contributed by atoms with E-state index < -0.39 is 192 Å². The Hall–Kier alpha value is -1.53. The number of ether oxygens (including phenoxy) is 9. The molecule has 5 rings (SSSR count). The maximum Gasteiger partial charge on any atom is 0.217 e. The van der Waals surface area contributed by atoms with E-state index in [1.807, 2.05) is 0 Å². The molecule has 27 heteroatoms. The van der Waals surface area contributed by atoms with Crippen LogP contribution in [0.1, 0.15) is 6.92 Å². The van der Waals surface area contributed by atoms with Gasteiger partial charge in [-0.15, -0.1) is 0 Å². The molecule has 5 aliphatic rings. The highest BCUT2D eigenvalue weighted by Crippen LogP contribution is 2.37. The van der Waals surface area contributed by atoms with Crippen LogP contribution in [0.3, 0.4) is 0 Å². The molecule has 0 aromatic carbocycles. The number of rotatable bonds is 14. The van der Waals surface area contributed by atoms with Crippen molar-refractivity contribution in [3.05, 3.63) is 0 Å². The molecule has 0 bridgehead atoms. The summed E-state index contributed by atoms with van der Waals surface area (Å²) in [4.78, 5) is 12.2. The van der Waals surface area contributed by atoms with E-state index in [9.17, 15) is 86.5 Å². The number of carbonyl (C=O) groups is 1. The number of aliphatic hydroxyl groups excluding tert-OH is 16. The van der Waals surface area contributed by atoms with Crippen LogP contribution in [0.25, 0.3) is 0 Å². The van der Waals surface area contributed by atoms with Gasteiger partial charge in [0.1, 0.15) is 122 Å². The Morgan fingerprint density at radius 1 is 0.407 bits per heavy atom. The van der Waals surface area contributed by atoms with E-state index in [1.54, 1.807) is 0 Å². The molecule has 344 valence electrons. The minimum atomic E-state index is -2.17. The van der Waals surface area contributed by atoms with Gasteiger partial charge in [-0.05, 0) is 0 Å². The standard InChI is InChI=1S/C32H55NO26/c1-7(39)33-13-19(45)14(40)8(2-34)52-29(13)59-27-25(57-30-22(48)20(46)15(41)9(3-35)53-30)18(44)12(6-38)55-32(27)58-26-21(47)16(42)10(4-36)54-31(26)56-24-17(43)11(5-37)51-28(50)23(24)49/h8-32,34-38,40-50H,2-6H2,1H3,(H,33,39)/t8-,9-,10-,11-,12-,13-,14-,15-,16-,17-,18-,19-,20+,21+,22+,23+,24+,25+,26+,27+,28?,29-,30-,31-,32-/m1/s1. The molecule has 0 spiro atoms. The molecular weight excluding hydrogens is 814 g/mol. The van der Waals surface area contributed by atoms with Gasteiger partial charge in [0.15, 0.2) is 31.5 Å². The zero-order valence-corrected chi connectivity index (χ0v) is 31.2. The zero-order chi connectivity index (χ0) is 43.6.